The first-order valence-electron chi connectivity index (χ1n) is 10.3. The number of hydrogen-bond donors (Lipinski definition) is 1. The van der Waals surface area contributed by atoms with Crippen LogP contribution in [0, 0.1) is 0 Å². The Kier molecular flexibility index (Phi) is 5.88. The molecule has 7 heteroatoms. The number of nitrogens with zero attached hydrogens (tertiary/aromatic N) is 4. The van der Waals surface area contributed by atoms with Gasteiger partial charge in [-0.05, 0) is 49.2 Å². The molecule has 1 amide bonds. The third-order valence-corrected chi connectivity index (χ3v) is 5.36. The summed E-state index contributed by atoms with van der Waals surface area (Å²) in [6, 6.07) is 14.6. The molecule has 30 heavy (non-hydrogen) atoms. The number of aromatic nitrogens is 3. The summed E-state index contributed by atoms with van der Waals surface area (Å²) in [5.74, 6) is 0.473. The molecule has 1 N–H and O–H groups in total. The van der Waals surface area contributed by atoms with E-state index in [0.717, 1.165) is 30.2 Å². The van der Waals surface area contributed by atoms with Crippen molar-refractivity contribution in [2.24, 2.45) is 7.05 Å². The Balaban J connectivity index is 1.51. The third kappa shape index (κ3) is 4.40. The Morgan fingerprint density at radius 1 is 0.967 bits per heavy atom. The Morgan fingerprint density at radius 3 is 2.50 bits per heavy atom. The van der Waals surface area contributed by atoms with Crippen LogP contribution in [-0.2, 0) is 7.05 Å². The van der Waals surface area contributed by atoms with Crippen LogP contribution in [0.3, 0.4) is 0 Å². The number of carbonyl (C=O) groups is 1. The van der Waals surface area contributed by atoms with Gasteiger partial charge in [-0.2, -0.15) is 0 Å². The van der Waals surface area contributed by atoms with Crippen molar-refractivity contribution >= 4 is 17.4 Å². The molecule has 154 valence electrons. The molecular formula is C23H25N5O2. The van der Waals surface area contributed by atoms with E-state index in [0.29, 0.717) is 5.69 Å². The van der Waals surface area contributed by atoms with Gasteiger partial charge in [0, 0.05) is 37.6 Å². The molecular weight excluding hydrogens is 378 g/mol. The van der Waals surface area contributed by atoms with Gasteiger partial charge in [-0.3, -0.25) is 9.59 Å². The largest absolute Gasteiger partial charge is 0.355 e. The van der Waals surface area contributed by atoms with Gasteiger partial charge in [0.15, 0.2) is 5.82 Å². The molecule has 1 aliphatic rings. The van der Waals surface area contributed by atoms with E-state index in [1.807, 2.05) is 30.3 Å². The number of hydrogen-bond acceptors (Lipinski definition) is 5. The number of benzene rings is 1. The zero-order valence-corrected chi connectivity index (χ0v) is 17.0. The zero-order chi connectivity index (χ0) is 20.9. The van der Waals surface area contributed by atoms with E-state index >= 15 is 0 Å². The highest BCUT2D eigenvalue weighted by atomic mass is 16.2. The molecule has 1 saturated heterocycles. The predicted molar refractivity (Wildman–Crippen MR) is 118 cm³/mol. The number of nitrogens with one attached hydrogen (secondary N) is 1. The van der Waals surface area contributed by atoms with Gasteiger partial charge < -0.3 is 14.8 Å². The predicted octanol–water partition coefficient (Wildman–Crippen LogP) is 3.48. The monoisotopic (exact) mass is 403 g/mol. The molecule has 0 spiro atoms. The van der Waals surface area contributed by atoms with Gasteiger partial charge in [0.1, 0.15) is 5.56 Å². The summed E-state index contributed by atoms with van der Waals surface area (Å²) in [4.78, 5) is 27.0. The lowest BCUT2D eigenvalue weighted by Gasteiger charge is -2.20. The van der Waals surface area contributed by atoms with Crippen molar-refractivity contribution in [2.45, 2.75) is 25.7 Å². The van der Waals surface area contributed by atoms with Gasteiger partial charge in [-0.15, -0.1) is 10.2 Å². The maximum absolute atomic E-state index is 12.5. The van der Waals surface area contributed by atoms with E-state index in [-0.39, 0.29) is 11.1 Å². The average Bonchev–Trinajstić information content (AvgIpc) is 3.05. The fourth-order valence-corrected chi connectivity index (χ4v) is 3.67. The number of pyridine rings is 1. The minimum Gasteiger partial charge on any atom is -0.355 e. The Labute approximate surface area is 175 Å². The van der Waals surface area contributed by atoms with Crippen LogP contribution < -0.4 is 15.8 Å². The summed E-state index contributed by atoms with van der Waals surface area (Å²) >= 11 is 0. The highest BCUT2D eigenvalue weighted by Crippen LogP contribution is 2.23. The summed E-state index contributed by atoms with van der Waals surface area (Å²) in [7, 11) is 1.62. The first-order chi connectivity index (χ1) is 14.6. The van der Waals surface area contributed by atoms with Crippen LogP contribution in [0.4, 0.5) is 11.5 Å². The Hall–Kier alpha value is -3.48. The smallest absolute Gasteiger partial charge is 0.263 e. The maximum Gasteiger partial charge on any atom is 0.263 e. The molecule has 0 saturated carbocycles. The number of rotatable bonds is 4. The van der Waals surface area contributed by atoms with E-state index in [2.05, 4.69) is 20.4 Å². The van der Waals surface area contributed by atoms with Crippen molar-refractivity contribution in [1.29, 1.82) is 0 Å². The summed E-state index contributed by atoms with van der Waals surface area (Å²) in [5.41, 5.74) is 1.96. The first-order valence-corrected chi connectivity index (χ1v) is 10.3. The van der Waals surface area contributed by atoms with Gasteiger partial charge in [0.05, 0.1) is 5.69 Å². The van der Waals surface area contributed by atoms with Crippen LogP contribution >= 0.6 is 0 Å². The highest BCUT2D eigenvalue weighted by Gasteiger charge is 2.13. The quantitative estimate of drug-likeness (QED) is 0.721. The SMILES string of the molecule is Cn1cccc(C(=O)Nc2cccc(-c3ccc(N4CCCCCC4)nn3)c2)c1=O. The fraction of sp³-hybridized carbons (Fsp3) is 0.304. The Morgan fingerprint density at radius 2 is 1.77 bits per heavy atom. The van der Waals surface area contributed by atoms with E-state index in [4.69, 9.17) is 0 Å². The zero-order valence-electron chi connectivity index (χ0n) is 17.0. The first kappa shape index (κ1) is 19.8. The molecule has 0 aliphatic carbocycles. The van der Waals surface area contributed by atoms with Crippen molar-refractivity contribution in [3.8, 4) is 11.3 Å². The standard InChI is InChI=1S/C23H25N5O2/c1-27-13-7-10-19(23(27)30)22(29)24-18-9-6-8-17(16-18)20-11-12-21(26-25-20)28-14-4-2-3-5-15-28/h6-13,16H,2-5,14-15H2,1H3,(H,24,29). The molecule has 3 heterocycles. The summed E-state index contributed by atoms with van der Waals surface area (Å²) in [5, 5.41) is 11.6. The minimum absolute atomic E-state index is 0.104. The van der Waals surface area contributed by atoms with Crippen LogP contribution in [0.1, 0.15) is 36.0 Å². The maximum atomic E-state index is 12.5. The molecule has 7 nitrogen and oxygen atoms in total. The fourth-order valence-electron chi connectivity index (χ4n) is 3.67. The van der Waals surface area contributed by atoms with Crippen LogP contribution in [-0.4, -0.2) is 33.8 Å². The van der Waals surface area contributed by atoms with Crippen molar-refractivity contribution < 1.29 is 4.79 Å². The second kappa shape index (κ2) is 8.90. The van der Waals surface area contributed by atoms with Crippen molar-refractivity contribution in [3.05, 3.63) is 70.6 Å². The van der Waals surface area contributed by atoms with Gasteiger partial charge in [0.2, 0.25) is 0 Å². The van der Waals surface area contributed by atoms with Gasteiger partial charge in [-0.1, -0.05) is 25.0 Å². The van der Waals surface area contributed by atoms with Crippen LogP contribution in [0.15, 0.2) is 59.5 Å². The molecule has 1 aromatic carbocycles. The lowest BCUT2D eigenvalue weighted by atomic mass is 10.1. The molecule has 4 rings (SSSR count). The molecule has 1 fully saturated rings. The molecule has 0 unspecified atom stereocenters. The molecule has 0 bridgehead atoms. The van der Waals surface area contributed by atoms with Crippen LogP contribution in [0.5, 0.6) is 0 Å². The molecule has 0 atom stereocenters. The number of aryl methyl sites for hydroxylation is 1. The van der Waals surface area contributed by atoms with E-state index in [9.17, 15) is 9.59 Å². The normalized spacial score (nSPS) is 14.2. The summed E-state index contributed by atoms with van der Waals surface area (Å²) < 4.78 is 1.38. The van der Waals surface area contributed by atoms with E-state index in [1.165, 1.54) is 36.3 Å². The lowest BCUT2D eigenvalue weighted by molar-refractivity contribution is 0.102. The number of amides is 1. The lowest BCUT2D eigenvalue weighted by Crippen LogP contribution is -2.27. The molecule has 3 aromatic rings. The topological polar surface area (TPSA) is 80.1 Å². The Bertz CT molecular complexity index is 1080. The molecule has 1 aliphatic heterocycles. The highest BCUT2D eigenvalue weighted by molar-refractivity contribution is 6.04. The number of carbonyl (C=O) groups excluding carboxylic acids is 1. The second-order valence-corrected chi connectivity index (χ2v) is 7.55. The molecule has 2 aromatic heterocycles. The molecule has 0 radical (unpaired) electrons. The van der Waals surface area contributed by atoms with Crippen molar-refractivity contribution in [1.82, 2.24) is 14.8 Å². The number of anilines is 2. The third-order valence-electron chi connectivity index (χ3n) is 5.36. The van der Waals surface area contributed by atoms with Crippen molar-refractivity contribution in [3.63, 3.8) is 0 Å². The van der Waals surface area contributed by atoms with Crippen LogP contribution in [0.2, 0.25) is 0 Å². The summed E-state index contributed by atoms with van der Waals surface area (Å²) in [6.45, 7) is 2.04. The minimum atomic E-state index is -0.434. The van der Waals surface area contributed by atoms with Gasteiger partial charge in [0.25, 0.3) is 11.5 Å². The average molecular weight is 403 g/mol. The van der Waals surface area contributed by atoms with Crippen molar-refractivity contribution in [2.75, 3.05) is 23.3 Å². The summed E-state index contributed by atoms with van der Waals surface area (Å²) in [6.07, 6.45) is 6.55. The van der Waals surface area contributed by atoms with E-state index < -0.39 is 5.91 Å². The second-order valence-electron chi connectivity index (χ2n) is 7.55. The van der Waals surface area contributed by atoms with Gasteiger partial charge >= 0.3 is 0 Å². The van der Waals surface area contributed by atoms with Crippen LogP contribution in [0.25, 0.3) is 11.3 Å². The van der Waals surface area contributed by atoms with Gasteiger partial charge in [-0.25, -0.2) is 0 Å². The van der Waals surface area contributed by atoms with E-state index in [1.54, 1.807) is 25.4 Å².